The van der Waals surface area contributed by atoms with Crippen LogP contribution in [0.3, 0.4) is 0 Å². The van der Waals surface area contributed by atoms with Crippen LogP contribution in [0.25, 0.3) is 10.8 Å². The van der Waals surface area contributed by atoms with Crippen molar-refractivity contribution in [1.82, 2.24) is 0 Å². The average molecular weight is 526 g/mol. The molecule has 0 spiro atoms. The Morgan fingerprint density at radius 1 is 0.583 bits per heavy atom. The Labute approximate surface area is 206 Å². The molecule has 4 aromatic carbocycles. The summed E-state index contributed by atoms with van der Waals surface area (Å²) in [6.45, 7) is 0. The molecule has 0 amide bonds. The molecule has 0 unspecified atom stereocenters. The van der Waals surface area contributed by atoms with Gasteiger partial charge in [0.05, 0.1) is 32.5 Å². The number of hydrogen-bond acceptors (Lipinski definition) is 9. The minimum absolute atomic E-state index is 0.270. The van der Waals surface area contributed by atoms with Gasteiger partial charge in [0.25, 0.3) is 20.2 Å². The summed E-state index contributed by atoms with van der Waals surface area (Å²) in [6.07, 6.45) is 0. The number of nitrogens with zero attached hydrogens (tertiary/aromatic N) is 4. The molecule has 0 saturated heterocycles. The van der Waals surface area contributed by atoms with E-state index in [0.717, 1.165) is 5.69 Å². The first-order chi connectivity index (χ1) is 17.0. The maximum atomic E-state index is 11.7. The molecule has 3 N–H and O–H groups in total. The minimum Gasteiger partial charge on any atom is -0.388 e. The van der Waals surface area contributed by atoms with Crippen LogP contribution >= 0.6 is 0 Å². The predicted octanol–water partition coefficient (Wildman–Crippen LogP) is 6.21. The molecule has 4 rings (SSSR count). The monoisotopic (exact) mass is 525 g/mol. The molecule has 0 atom stereocenters. The Morgan fingerprint density at radius 2 is 1.06 bits per heavy atom. The fourth-order valence-electron chi connectivity index (χ4n) is 3.23. The Balaban J connectivity index is 1.75. The van der Waals surface area contributed by atoms with E-state index in [1.165, 1.54) is 42.5 Å². The van der Waals surface area contributed by atoms with Crippen molar-refractivity contribution in [2.24, 2.45) is 20.5 Å². The van der Waals surface area contributed by atoms with Crippen molar-refractivity contribution in [2.45, 2.75) is 9.79 Å². The molecule has 0 fully saturated rings. The third-order valence-electron chi connectivity index (χ3n) is 5.08. The molecule has 0 aromatic heterocycles. The Bertz CT molecular complexity index is 1700. The molecular weight excluding hydrogens is 506 g/mol. The Hall–Kier alpha value is -4.04. The van der Waals surface area contributed by atoms with Gasteiger partial charge in [-0.3, -0.25) is 9.11 Å². The van der Waals surface area contributed by atoms with E-state index in [-0.39, 0.29) is 21.2 Å². The summed E-state index contributed by atoms with van der Waals surface area (Å²) >= 11 is 0. The van der Waals surface area contributed by atoms with Crippen LogP contribution in [0.2, 0.25) is 0 Å². The number of rotatable bonds is 7. The van der Waals surface area contributed by atoms with Gasteiger partial charge >= 0.3 is 0 Å². The number of nitrogens with one attached hydrogen (secondary N) is 1. The molecule has 11 nitrogen and oxygen atoms in total. The quantitative estimate of drug-likeness (QED) is 0.190. The summed E-state index contributed by atoms with van der Waals surface area (Å²) in [6, 6.07) is 19.5. The highest BCUT2D eigenvalue weighted by atomic mass is 32.2. The second-order valence-corrected chi connectivity index (χ2v) is 10.3. The highest BCUT2D eigenvalue weighted by Gasteiger charge is 2.14. The van der Waals surface area contributed by atoms with E-state index in [1.807, 2.05) is 12.1 Å². The molecule has 13 heteroatoms. The molecule has 0 saturated carbocycles. The van der Waals surface area contributed by atoms with Crippen molar-refractivity contribution in [3.63, 3.8) is 0 Å². The highest BCUT2D eigenvalue weighted by Crippen LogP contribution is 2.36. The molecule has 0 radical (unpaired) electrons. The molecule has 0 aliphatic carbocycles. The number of fused-ring (bicyclic) bond motifs is 1. The Kier molecular flexibility index (Phi) is 6.90. The fraction of sp³-hybridized carbons (Fsp3) is 0.0435. The standard InChI is InChI=1S/C23H19N5O6S2/c1-24-15-2-4-16(5-3-15)25-27-22-12-13-23(21-14-19(36(32,33)34)10-11-20(21)22)28-26-17-6-8-18(9-7-17)35(29,30)31/h2-14,24H,1H3,(H,29,30,31)(H,32,33,34). The van der Waals surface area contributed by atoms with E-state index in [0.29, 0.717) is 22.1 Å². The first kappa shape index (κ1) is 25.1. The maximum Gasteiger partial charge on any atom is 0.294 e. The summed E-state index contributed by atoms with van der Waals surface area (Å²) in [5, 5.41) is 20.6. The van der Waals surface area contributed by atoms with Gasteiger partial charge in [-0.25, -0.2) is 0 Å². The number of anilines is 1. The lowest BCUT2D eigenvalue weighted by Crippen LogP contribution is -1.97. The van der Waals surface area contributed by atoms with Gasteiger partial charge in [0.15, 0.2) is 0 Å². The fourth-order valence-corrected chi connectivity index (χ4v) is 4.22. The molecule has 0 bridgehead atoms. The lowest BCUT2D eigenvalue weighted by Gasteiger charge is -2.07. The van der Waals surface area contributed by atoms with Crippen LogP contribution in [0.1, 0.15) is 0 Å². The Morgan fingerprint density at radius 3 is 1.56 bits per heavy atom. The molecule has 0 heterocycles. The smallest absolute Gasteiger partial charge is 0.294 e. The van der Waals surface area contributed by atoms with Crippen LogP contribution in [0.4, 0.5) is 28.4 Å². The second kappa shape index (κ2) is 9.91. The molecule has 0 aliphatic heterocycles. The van der Waals surface area contributed by atoms with E-state index in [4.69, 9.17) is 4.55 Å². The van der Waals surface area contributed by atoms with Crippen molar-refractivity contribution >= 4 is 59.4 Å². The van der Waals surface area contributed by atoms with Gasteiger partial charge in [-0.15, -0.1) is 10.2 Å². The zero-order valence-electron chi connectivity index (χ0n) is 18.6. The van der Waals surface area contributed by atoms with Gasteiger partial charge in [0, 0.05) is 23.5 Å². The third-order valence-corrected chi connectivity index (χ3v) is 6.79. The summed E-state index contributed by atoms with van der Waals surface area (Å²) in [4.78, 5) is -0.624. The van der Waals surface area contributed by atoms with Gasteiger partial charge in [-0.05, 0) is 72.8 Å². The van der Waals surface area contributed by atoms with Crippen LogP contribution in [-0.4, -0.2) is 33.0 Å². The van der Waals surface area contributed by atoms with E-state index in [9.17, 15) is 21.4 Å². The maximum absolute atomic E-state index is 11.7. The minimum atomic E-state index is -4.48. The lowest BCUT2D eigenvalue weighted by atomic mass is 10.1. The van der Waals surface area contributed by atoms with E-state index in [1.54, 1.807) is 31.3 Å². The first-order valence-corrected chi connectivity index (χ1v) is 13.2. The SMILES string of the molecule is CNc1ccc(N=Nc2ccc(N=Nc3ccc(S(=O)(=O)O)cc3)c3cc(S(=O)(=O)O)ccc23)cc1. The molecular formula is C23H19N5O6S2. The largest absolute Gasteiger partial charge is 0.388 e. The van der Waals surface area contributed by atoms with Crippen LogP contribution in [0, 0.1) is 0 Å². The van der Waals surface area contributed by atoms with Crippen LogP contribution in [0.5, 0.6) is 0 Å². The van der Waals surface area contributed by atoms with Crippen molar-refractivity contribution in [1.29, 1.82) is 0 Å². The van der Waals surface area contributed by atoms with Crippen molar-refractivity contribution in [3.8, 4) is 0 Å². The van der Waals surface area contributed by atoms with Crippen LogP contribution in [-0.2, 0) is 20.2 Å². The summed E-state index contributed by atoms with van der Waals surface area (Å²) in [5.41, 5.74) is 2.51. The second-order valence-electron chi connectivity index (χ2n) is 7.45. The third kappa shape index (κ3) is 5.78. The molecule has 36 heavy (non-hydrogen) atoms. The number of benzene rings is 4. The number of azo groups is 2. The van der Waals surface area contributed by atoms with Gasteiger partial charge in [0.2, 0.25) is 0 Å². The van der Waals surface area contributed by atoms with Gasteiger partial charge in [-0.1, -0.05) is 6.07 Å². The summed E-state index contributed by atoms with van der Waals surface area (Å²) < 4.78 is 64.4. The normalized spacial score (nSPS) is 12.5. The number of hydrogen-bond donors (Lipinski definition) is 3. The van der Waals surface area contributed by atoms with Crippen LogP contribution in [0.15, 0.2) is 109 Å². The average Bonchev–Trinajstić information content (AvgIpc) is 2.85. The van der Waals surface area contributed by atoms with Gasteiger partial charge in [0.1, 0.15) is 0 Å². The van der Waals surface area contributed by atoms with Gasteiger partial charge in [-0.2, -0.15) is 27.1 Å². The highest BCUT2D eigenvalue weighted by molar-refractivity contribution is 7.86. The summed E-state index contributed by atoms with van der Waals surface area (Å²) in [7, 11) is -7.03. The van der Waals surface area contributed by atoms with Crippen molar-refractivity contribution in [2.75, 3.05) is 12.4 Å². The molecule has 184 valence electrons. The van der Waals surface area contributed by atoms with Crippen molar-refractivity contribution in [3.05, 3.63) is 78.9 Å². The molecule has 4 aromatic rings. The predicted molar refractivity (Wildman–Crippen MR) is 134 cm³/mol. The lowest BCUT2D eigenvalue weighted by molar-refractivity contribution is 0.481. The summed E-state index contributed by atoms with van der Waals surface area (Å²) in [5.74, 6) is 0. The van der Waals surface area contributed by atoms with E-state index in [2.05, 4.69) is 25.8 Å². The van der Waals surface area contributed by atoms with Crippen LogP contribution < -0.4 is 5.32 Å². The topological polar surface area (TPSA) is 170 Å². The van der Waals surface area contributed by atoms with Gasteiger partial charge < -0.3 is 5.32 Å². The molecule has 0 aliphatic rings. The van der Waals surface area contributed by atoms with Crippen molar-refractivity contribution < 1.29 is 25.9 Å². The van der Waals surface area contributed by atoms with E-state index < -0.39 is 20.2 Å². The van der Waals surface area contributed by atoms with E-state index >= 15 is 0 Å². The zero-order valence-corrected chi connectivity index (χ0v) is 20.3. The first-order valence-electron chi connectivity index (χ1n) is 10.3. The zero-order chi connectivity index (χ0) is 25.9.